The maximum absolute atomic E-state index is 8.01. The molecule has 0 aromatic carbocycles. The SMILES string of the molecule is N#C/C([S-])=C(/[S-])C#N.[C-]#[N+]/C([S-])=C(/[S-])[N+]#[C-].[Fe+4]. The predicted octanol–water partition coefficient (Wildman–Crippen LogP) is 1.38. The third-order valence-electron chi connectivity index (χ3n) is 0.795. The fourth-order valence-corrected chi connectivity index (χ4v) is 0.380. The predicted molar refractivity (Wildman–Crippen MR) is 67.9 cm³/mol. The smallest absolute Gasteiger partial charge is 0.826 e. The van der Waals surface area contributed by atoms with Gasteiger partial charge in [0.2, 0.25) is 0 Å². The number of hydrogen-bond donors (Lipinski definition) is 0. The van der Waals surface area contributed by atoms with E-state index in [1.807, 2.05) is 0 Å². The molecule has 0 rings (SSSR count). The first-order chi connectivity index (χ1) is 7.44. The first kappa shape index (κ1) is 21.2. The van der Waals surface area contributed by atoms with E-state index >= 15 is 0 Å². The van der Waals surface area contributed by atoms with Crippen LogP contribution < -0.4 is 0 Å². The molecule has 0 spiro atoms. The number of allylic oxidation sites excluding steroid dienone is 2. The molecule has 84 valence electrons. The summed E-state index contributed by atoms with van der Waals surface area (Å²) in [6.07, 6.45) is 0. The van der Waals surface area contributed by atoms with Crippen LogP contribution in [0, 0.1) is 35.8 Å². The van der Waals surface area contributed by atoms with Gasteiger partial charge in [-0.1, -0.05) is 0 Å². The summed E-state index contributed by atoms with van der Waals surface area (Å²) in [4.78, 5) is 5.35. The molecule has 0 aromatic rings. The minimum Gasteiger partial charge on any atom is -0.826 e. The Hall–Kier alpha value is -1.16. The molecular weight excluding hydrogens is 336 g/mol. The Morgan fingerprint density at radius 3 is 1.18 bits per heavy atom. The quantitative estimate of drug-likeness (QED) is 0.288. The average molecular weight is 336 g/mol. The number of hydrogen-bond acceptors (Lipinski definition) is 6. The van der Waals surface area contributed by atoms with E-state index in [9.17, 15) is 0 Å². The maximum Gasteiger partial charge on any atom is 4.00 e. The molecule has 9 heteroatoms. The average Bonchev–Trinajstić information content (AvgIpc) is 2.35. The Kier molecular flexibility index (Phi) is 16.1. The molecule has 0 radical (unpaired) electrons. The van der Waals surface area contributed by atoms with Crippen LogP contribution in [0.1, 0.15) is 0 Å². The van der Waals surface area contributed by atoms with Crippen molar-refractivity contribution in [1.29, 1.82) is 10.5 Å². The van der Waals surface area contributed by atoms with Crippen molar-refractivity contribution in [2.75, 3.05) is 0 Å². The van der Waals surface area contributed by atoms with Gasteiger partial charge in [-0.05, 0) is 0 Å². The number of nitrogens with zero attached hydrogens (tertiary/aromatic N) is 4. The van der Waals surface area contributed by atoms with Crippen LogP contribution in [0.5, 0.6) is 0 Å². The molecule has 0 atom stereocenters. The van der Waals surface area contributed by atoms with E-state index < -0.39 is 0 Å². The summed E-state index contributed by atoms with van der Waals surface area (Å²) in [5.41, 5.74) is 0. The molecule has 0 aromatic heterocycles. The van der Waals surface area contributed by atoms with E-state index in [4.69, 9.17) is 23.7 Å². The molecule has 0 fully saturated rings. The van der Waals surface area contributed by atoms with Crippen LogP contribution in [0.4, 0.5) is 0 Å². The standard InChI is InChI=1S/2C4H2N2S2.Fe/c1-5-3(7)4(8)6-2;5-1-3(7)4(8)2-6;/h2*7-8H;/q;;+4/p-4/b2*4-3-;. The Bertz CT molecular complexity index is 394. The van der Waals surface area contributed by atoms with Gasteiger partial charge < -0.3 is 50.5 Å². The van der Waals surface area contributed by atoms with Gasteiger partial charge in [0.15, 0.2) is 0 Å². The summed E-state index contributed by atoms with van der Waals surface area (Å²) in [7, 11) is 0. The second-order valence-corrected chi connectivity index (χ2v) is 3.31. The van der Waals surface area contributed by atoms with E-state index in [1.165, 1.54) is 0 Å². The molecule has 0 unspecified atom stereocenters. The Morgan fingerprint density at radius 1 is 0.824 bits per heavy atom. The van der Waals surface area contributed by atoms with Crippen LogP contribution in [0.3, 0.4) is 0 Å². The van der Waals surface area contributed by atoms with Crippen molar-refractivity contribution in [3.63, 3.8) is 0 Å². The molecule has 0 N–H and O–H groups in total. The van der Waals surface area contributed by atoms with Crippen molar-refractivity contribution < 1.29 is 17.1 Å². The van der Waals surface area contributed by atoms with Crippen LogP contribution in [0.2, 0.25) is 0 Å². The summed E-state index contributed by atoms with van der Waals surface area (Å²) in [5.74, 6) is 0. The summed E-state index contributed by atoms with van der Waals surface area (Å²) in [5, 5.41) is 15.8. The van der Waals surface area contributed by atoms with Crippen molar-refractivity contribution in [3.05, 3.63) is 42.7 Å². The van der Waals surface area contributed by atoms with Gasteiger partial charge in [-0.15, -0.1) is 9.81 Å². The van der Waals surface area contributed by atoms with Gasteiger partial charge in [-0.25, -0.2) is 0 Å². The summed E-state index contributed by atoms with van der Waals surface area (Å²) in [6.45, 7) is 12.6. The Balaban J connectivity index is -0.000000218. The third-order valence-corrected chi connectivity index (χ3v) is 2.21. The van der Waals surface area contributed by atoms with Gasteiger partial charge in [0.05, 0.1) is 25.3 Å². The van der Waals surface area contributed by atoms with Crippen molar-refractivity contribution in [3.8, 4) is 12.1 Å². The second kappa shape index (κ2) is 12.9. The van der Waals surface area contributed by atoms with Gasteiger partial charge in [-0.3, -0.25) is 9.69 Å². The molecule has 0 bridgehead atoms. The summed E-state index contributed by atoms with van der Waals surface area (Å²) < 4.78 is 0. The van der Waals surface area contributed by atoms with E-state index in [0.29, 0.717) is 0 Å². The molecule has 0 saturated carbocycles. The van der Waals surface area contributed by atoms with Crippen molar-refractivity contribution >= 4 is 50.5 Å². The zero-order chi connectivity index (χ0) is 13.1. The number of nitriles is 2. The molecular formula is C8FeN4S4. The van der Waals surface area contributed by atoms with Gasteiger partial charge >= 0.3 is 17.1 Å². The van der Waals surface area contributed by atoms with E-state index in [2.05, 4.69) is 60.2 Å². The van der Waals surface area contributed by atoms with Crippen LogP contribution in [0.25, 0.3) is 9.69 Å². The molecule has 0 heterocycles. The van der Waals surface area contributed by atoms with E-state index in [-0.39, 0.29) is 36.9 Å². The number of rotatable bonds is 0. The van der Waals surface area contributed by atoms with Crippen molar-refractivity contribution in [2.45, 2.75) is 0 Å². The first-order valence-corrected chi connectivity index (χ1v) is 4.79. The summed E-state index contributed by atoms with van der Waals surface area (Å²) in [6, 6.07) is 3.17. The van der Waals surface area contributed by atoms with Crippen LogP contribution in [-0.4, -0.2) is 0 Å². The fraction of sp³-hybridized carbons (Fsp3) is 0. The monoisotopic (exact) mass is 336 g/mol. The molecule has 4 nitrogen and oxygen atoms in total. The molecule has 0 aliphatic heterocycles. The molecule has 0 saturated heterocycles. The van der Waals surface area contributed by atoms with Gasteiger partial charge in [0.1, 0.15) is 0 Å². The van der Waals surface area contributed by atoms with Crippen LogP contribution in [0.15, 0.2) is 19.9 Å². The van der Waals surface area contributed by atoms with Crippen LogP contribution >= 0.6 is 0 Å². The molecule has 0 aliphatic rings. The fourth-order valence-electron chi connectivity index (χ4n) is 0.197. The molecule has 17 heavy (non-hydrogen) atoms. The minimum absolute atomic E-state index is 0. The Labute approximate surface area is 132 Å². The topological polar surface area (TPSA) is 56.3 Å². The largest absolute Gasteiger partial charge is 4.00 e. The zero-order valence-electron chi connectivity index (χ0n) is 7.78. The first-order valence-electron chi connectivity index (χ1n) is 3.16. The zero-order valence-corrected chi connectivity index (χ0v) is 12.1. The van der Waals surface area contributed by atoms with Crippen molar-refractivity contribution in [1.82, 2.24) is 0 Å². The summed E-state index contributed by atoms with van der Waals surface area (Å²) >= 11 is 17.4. The van der Waals surface area contributed by atoms with Crippen LogP contribution in [-0.2, 0) is 67.6 Å². The molecule has 0 aliphatic carbocycles. The third kappa shape index (κ3) is 11.1. The van der Waals surface area contributed by atoms with Gasteiger partial charge in [0, 0.05) is 10.1 Å². The van der Waals surface area contributed by atoms with E-state index in [1.54, 1.807) is 12.1 Å². The normalized spacial score (nSPS) is 10.1. The van der Waals surface area contributed by atoms with Gasteiger partial charge in [-0.2, -0.15) is 10.5 Å². The minimum atomic E-state index is -0.116. The van der Waals surface area contributed by atoms with Crippen molar-refractivity contribution in [2.24, 2.45) is 0 Å². The Morgan fingerprint density at radius 2 is 1.06 bits per heavy atom. The van der Waals surface area contributed by atoms with Gasteiger partial charge in [0.25, 0.3) is 0 Å². The molecule has 0 amide bonds. The van der Waals surface area contributed by atoms with E-state index in [0.717, 1.165) is 0 Å². The maximum atomic E-state index is 8.01. The second-order valence-electron chi connectivity index (χ2n) is 1.72.